The van der Waals surface area contributed by atoms with E-state index in [1.54, 1.807) is 7.11 Å². The second-order valence-electron chi connectivity index (χ2n) is 5.34. The van der Waals surface area contributed by atoms with Gasteiger partial charge in [0.2, 0.25) is 5.96 Å². The summed E-state index contributed by atoms with van der Waals surface area (Å²) in [5.74, 6) is 6.94. The normalized spacial score (nSPS) is 12.3. The van der Waals surface area contributed by atoms with E-state index in [9.17, 15) is 0 Å². The number of likely N-dealkylation sites (N-methyl/N-ethyl adjacent to an activating group) is 1. The molecule has 0 aliphatic heterocycles. The Labute approximate surface area is 118 Å². The lowest BCUT2D eigenvalue weighted by molar-refractivity contribution is 0.196. The molecule has 0 spiro atoms. The van der Waals surface area contributed by atoms with Crippen molar-refractivity contribution in [1.82, 2.24) is 15.2 Å². The van der Waals surface area contributed by atoms with Gasteiger partial charge in [0, 0.05) is 39.9 Å². The summed E-state index contributed by atoms with van der Waals surface area (Å²) in [7, 11) is 5.84. The maximum absolute atomic E-state index is 5.60. The highest BCUT2D eigenvalue weighted by Crippen LogP contribution is 2.00. The number of hydrazine groups is 1. The molecule has 0 unspecified atom stereocenters. The van der Waals surface area contributed by atoms with Gasteiger partial charge in [-0.3, -0.25) is 10.4 Å². The number of nitrogens with one attached hydrogen (secondary N) is 1. The van der Waals surface area contributed by atoms with Crippen molar-refractivity contribution in [1.29, 1.82) is 0 Å². The van der Waals surface area contributed by atoms with Crippen LogP contribution in [0.3, 0.4) is 0 Å². The zero-order chi connectivity index (χ0) is 14.7. The van der Waals surface area contributed by atoms with Crippen molar-refractivity contribution in [2.75, 3.05) is 54.0 Å². The molecule has 0 heterocycles. The molecular formula is C13H31N5O. The molecule has 0 aliphatic carbocycles. The standard InChI is InChI=1S/C13H31N5O/c1-12(2)11-18(9-8-17(3)4)13(16-14)15-7-6-10-19-5/h12H,6-11,14H2,1-5H3,(H,15,16). The SMILES string of the molecule is COCCCN=C(NN)N(CCN(C)C)CC(C)C. The van der Waals surface area contributed by atoms with Crippen LogP contribution in [0.1, 0.15) is 20.3 Å². The van der Waals surface area contributed by atoms with Gasteiger partial charge in [0.15, 0.2) is 0 Å². The lowest BCUT2D eigenvalue weighted by Gasteiger charge is -2.28. The number of guanidine groups is 1. The van der Waals surface area contributed by atoms with Crippen molar-refractivity contribution in [3.8, 4) is 0 Å². The van der Waals surface area contributed by atoms with E-state index >= 15 is 0 Å². The van der Waals surface area contributed by atoms with Crippen molar-refractivity contribution in [2.24, 2.45) is 16.8 Å². The van der Waals surface area contributed by atoms with Crippen LogP contribution in [0.4, 0.5) is 0 Å². The van der Waals surface area contributed by atoms with Gasteiger partial charge in [-0.05, 0) is 26.4 Å². The molecule has 0 fully saturated rings. The predicted octanol–water partition coefficient (Wildman–Crippen LogP) is 0.362. The second-order valence-corrected chi connectivity index (χ2v) is 5.34. The fraction of sp³-hybridized carbons (Fsp3) is 0.923. The number of rotatable bonds is 9. The molecule has 0 atom stereocenters. The van der Waals surface area contributed by atoms with Crippen LogP contribution < -0.4 is 11.3 Å². The van der Waals surface area contributed by atoms with Crippen LogP contribution in [-0.4, -0.2) is 69.8 Å². The number of ether oxygens (including phenoxy) is 1. The van der Waals surface area contributed by atoms with Crippen LogP contribution in [0, 0.1) is 5.92 Å². The Bertz CT molecular complexity index is 243. The van der Waals surface area contributed by atoms with Gasteiger partial charge >= 0.3 is 0 Å². The molecule has 0 rings (SSSR count). The zero-order valence-electron chi connectivity index (χ0n) is 13.1. The fourth-order valence-corrected chi connectivity index (χ4v) is 1.68. The van der Waals surface area contributed by atoms with Gasteiger partial charge in [0.1, 0.15) is 0 Å². The monoisotopic (exact) mass is 273 g/mol. The van der Waals surface area contributed by atoms with E-state index in [2.05, 4.69) is 48.2 Å². The highest BCUT2D eigenvalue weighted by Gasteiger charge is 2.12. The first-order valence-electron chi connectivity index (χ1n) is 6.91. The van der Waals surface area contributed by atoms with Gasteiger partial charge < -0.3 is 14.5 Å². The van der Waals surface area contributed by atoms with E-state index in [-0.39, 0.29) is 0 Å². The molecule has 6 nitrogen and oxygen atoms in total. The molecule has 0 amide bonds. The van der Waals surface area contributed by atoms with Gasteiger partial charge in [0.05, 0.1) is 0 Å². The van der Waals surface area contributed by atoms with E-state index in [0.717, 1.165) is 45.2 Å². The molecular weight excluding hydrogens is 242 g/mol. The van der Waals surface area contributed by atoms with Crippen molar-refractivity contribution in [3.05, 3.63) is 0 Å². The summed E-state index contributed by atoms with van der Waals surface area (Å²) in [5, 5.41) is 0. The third-order valence-electron chi connectivity index (χ3n) is 2.60. The number of hydrogen-bond donors (Lipinski definition) is 2. The average molecular weight is 273 g/mol. The van der Waals surface area contributed by atoms with Gasteiger partial charge in [-0.1, -0.05) is 13.8 Å². The molecule has 0 radical (unpaired) electrons. The van der Waals surface area contributed by atoms with Crippen molar-refractivity contribution < 1.29 is 4.74 Å². The minimum atomic E-state index is 0.569. The average Bonchev–Trinajstić information content (AvgIpc) is 2.34. The van der Waals surface area contributed by atoms with E-state index in [1.165, 1.54) is 0 Å². The highest BCUT2D eigenvalue weighted by molar-refractivity contribution is 5.79. The van der Waals surface area contributed by atoms with E-state index in [0.29, 0.717) is 5.92 Å². The van der Waals surface area contributed by atoms with Crippen LogP contribution in [0.2, 0.25) is 0 Å². The molecule has 0 saturated carbocycles. The number of methoxy groups -OCH3 is 1. The first-order valence-corrected chi connectivity index (χ1v) is 6.91. The molecule has 0 aromatic rings. The van der Waals surface area contributed by atoms with Crippen LogP contribution in [0.25, 0.3) is 0 Å². The topological polar surface area (TPSA) is 66.1 Å². The highest BCUT2D eigenvalue weighted by atomic mass is 16.5. The molecule has 0 bridgehead atoms. The molecule has 0 aliphatic rings. The van der Waals surface area contributed by atoms with Gasteiger partial charge in [-0.15, -0.1) is 0 Å². The number of nitrogens with zero attached hydrogens (tertiary/aromatic N) is 3. The van der Waals surface area contributed by atoms with E-state index in [1.807, 2.05) is 0 Å². The molecule has 0 aromatic carbocycles. The maximum atomic E-state index is 5.60. The number of aliphatic imine (C=N–C) groups is 1. The molecule has 114 valence electrons. The summed E-state index contributed by atoms with van der Waals surface area (Å²) < 4.78 is 5.02. The first-order chi connectivity index (χ1) is 9.01. The van der Waals surface area contributed by atoms with Crippen molar-refractivity contribution >= 4 is 5.96 Å². The summed E-state index contributed by atoms with van der Waals surface area (Å²) in [4.78, 5) is 8.88. The van der Waals surface area contributed by atoms with E-state index < -0.39 is 0 Å². The van der Waals surface area contributed by atoms with Crippen LogP contribution in [-0.2, 0) is 4.74 Å². The number of hydrogen-bond acceptors (Lipinski definition) is 4. The lowest BCUT2D eigenvalue weighted by Crippen LogP contribution is -2.48. The Morgan fingerprint density at radius 1 is 1.32 bits per heavy atom. The Morgan fingerprint density at radius 2 is 2.00 bits per heavy atom. The molecule has 19 heavy (non-hydrogen) atoms. The van der Waals surface area contributed by atoms with Gasteiger partial charge in [-0.25, -0.2) is 5.84 Å². The maximum Gasteiger partial charge on any atom is 0.208 e. The molecule has 3 N–H and O–H groups in total. The van der Waals surface area contributed by atoms with Crippen LogP contribution in [0.5, 0.6) is 0 Å². The van der Waals surface area contributed by atoms with Crippen molar-refractivity contribution in [3.63, 3.8) is 0 Å². The minimum Gasteiger partial charge on any atom is -0.385 e. The van der Waals surface area contributed by atoms with E-state index in [4.69, 9.17) is 10.6 Å². The zero-order valence-corrected chi connectivity index (χ0v) is 13.1. The smallest absolute Gasteiger partial charge is 0.208 e. The minimum absolute atomic E-state index is 0.569. The molecule has 6 heteroatoms. The Balaban J connectivity index is 4.47. The fourth-order valence-electron chi connectivity index (χ4n) is 1.68. The summed E-state index contributed by atoms with van der Waals surface area (Å²) in [6, 6.07) is 0. The third-order valence-corrected chi connectivity index (χ3v) is 2.60. The lowest BCUT2D eigenvalue weighted by atomic mass is 10.2. The summed E-state index contributed by atoms with van der Waals surface area (Å²) >= 11 is 0. The van der Waals surface area contributed by atoms with Crippen LogP contribution >= 0.6 is 0 Å². The summed E-state index contributed by atoms with van der Waals surface area (Å²) in [5.41, 5.74) is 2.72. The van der Waals surface area contributed by atoms with Gasteiger partial charge in [-0.2, -0.15) is 0 Å². The summed E-state index contributed by atoms with van der Waals surface area (Å²) in [6.45, 7) is 8.68. The molecule has 0 saturated heterocycles. The third kappa shape index (κ3) is 9.69. The quantitative estimate of drug-likeness (QED) is 0.209. The summed E-state index contributed by atoms with van der Waals surface area (Å²) in [6.07, 6.45) is 0.908. The van der Waals surface area contributed by atoms with Gasteiger partial charge in [0.25, 0.3) is 0 Å². The Hall–Kier alpha value is -0.850. The predicted molar refractivity (Wildman–Crippen MR) is 81.1 cm³/mol. The Kier molecular flexibility index (Phi) is 10.5. The Morgan fingerprint density at radius 3 is 2.47 bits per heavy atom. The van der Waals surface area contributed by atoms with Crippen molar-refractivity contribution in [2.45, 2.75) is 20.3 Å². The largest absolute Gasteiger partial charge is 0.385 e. The number of nitrogens with two attached hydrogens (primary N) is 1. The van der Waals surface area contributed by atoms with Crippen LogP contribution in [0.15, 0.2) is 4.99 Å². The second kappa shape index (κ2) is 11.0. The first kappa shape index (κ1) is 18.1. The molecule has 0 aromatic heterocycles.